The minimum absolute atomic E-state index is 0.203. The summed E-state index contributed by atoms with van der Waals surface area (Å²) in [5.41, 5.74) is 2.57. The highest BCUT2D eigenvalue weighted by Crippen LogP contribution is 2.24. The average Bonchev–Trinajstić information content (AvgIpc) is 2.67. The Morgan fingerprint density at radius 2 is 1.96 bits per heavy atom. The first-order valence-electron chi connectivity index (χ1n) is 9.11. The number of rotatable bonds is 12. The van der Waals surface area contributed by atoms with Crippen molar-refractivity contribution < 1.29 is 14.6 Å². The Morgan fingerprint density at radius 1 is 1.14 bits per heavy atom. The minimum atomic E-state index is 0.203. The fourth-order valence-electron chi connectivity index (χ4n) is 2.47. The predicted molar refractivity (Wildman–Crippen MR) is 114 cm³/mol. The van der Waals surface area contributed by atoms with Crippen LogP contribution in [0.15, 0.2) is 12.3 Å². The Labute approximate surface area is 175 Å². The van der Waals surface area contributed by atoms with Gasteiger partial charge in [-0.15, -0.1) is 0 Å². The van der Waals surface area contributed by atoms with Gasteiger partial charge in [-0.3, -0.25) is 4.98 Å². The number of halogens is 1. The van der Waals surface area contributed by atoms with Gasteiger partial charge in [-0.05, 0) is 26.8 Å². The topological polar surface area (TPSA) is 89.4 Å². The van der Waals surface area contributed by atoms with Crippen molar-refractivity contribution in [1.82, 2.24) is 15.0 Å². The van der Waals surface area contributed by atoms with Crippen molar-refractivity contribution in [1.29, 1.82) is 0 Å². The number of nitrogens with one attached hydrogen (secondary N) is 1. The number of nitrogens with zero attached hydrogens (tertiary/aromatic N) is 3. The van der Waals surface area contributed by atoms with E-state index in [9.17, 15) is 0 Å². The third kappa shape index (κ3) is 7.09. The van der Waals surface area contributed by atoms with Gasteiger partial charge in [0.05, 0.1) is 37.8 Å². The molecule has 0 saturated heterocycles. The fourth-order valence-corrected chi connectivity index (χ4v) is 3.19. The third-order valence-corrected chi connectivity index (χ3v) is 5.28. The molecule has 0 radical (unpaired) electrons. The summed E-state index contributed by atoms with van der Waals surface area (Å²) in [6.45, 7) is 7.99. The molecule has 0 aliphatic carbocycles. The van der Waals surface area contributed by atoms with E-state index in [1.807, 2.05) is 26.8 Å². The lowest BCUT2D eigenvalue weighted by Gasteiger charge is -2.14. The zero-order valence-corrected chi connectivity index (χ0v) is 18.1. The summed E-state index contributed by atoms with van der Waals surface area (Å²) in [5.74, 6) is 3.67. The van der Waals surface area contributed by atoms with E-state index in [0.29, 0.717) is 43.0 Å². The molecule has 0 aliphatic heterocycles. The molecule has 0 bridgehead atoms. The molecule has 2 aromatic heterocycles. The van der Waals surface area contributed by atoms with Gasteiger partial charge in [-0.25, -0.2) is 9.97 Å². The van der Waals surface area contributed by atoms with Crippen LogP contribution in [0.2, 0.25) is 5.02 Å². The van der Waals surface area contributed by atoms with Gasteiger partial charge in [0, 0.05) is 23.3 Å². The first kappa shape index (κ1) is 22.7. The second-order valence-electron chi connectivity index (χ2n) is 6.05. The van der Waals surface area contributed by atoms with Gasteiger partial charge < -0.3 is 19.9 Å². The van der Waals surface area contributed by atoms with E-state index in [2.05, 4.69) is 20.3 Å². The minimum Gasteiger partial charge on any atom is -0.491 e. The van der Waals surface area contributed by atoms with Gasteiger partial charge in [-0.1, -0.05) is 11.6 Å². The molecule has 0 amide bonds. The van der Waals surface area contributed by atoms with Crippen LogP contribution in [0.3, 0.4) is 0 Å². The number of ether oxygens (including phenoxy) is 2. The lowest BCUT2D eigenvalue weighted by molar-refractivity contribution is 0.111. The van der Waals surface area contributed by atoms with Crippen molar-refractivity contribution in [3.05, 3.63) is 40.1 Å². The predicted octanol–water partition coefficient (Wildman–Crippen LogP) is 3.18. The Balaban J connectivity index is 1.84. The Hall–Kier alpha value is -1.61. The molecule has 2 N–H and O–H groups in total. The molecule has 0 saturated carbocycles. The van der Waals surface area contributed by atoms with Crippen LogP contribution >= 0.6 is 23.4 Å². The van der Waals surface area contributed by atoms with Crippen LogP contribution in [0.1, 0.15) is 22.8 Å². The van der Waals surface area contributed by atoms with Crippen molar-refractivity contribution in [2.75, 3.05) is 43.3 Å². The van der Waals surface area contributed by atoms with Gasteiger partial charge in [0.25, 0.3) is 0 Å². The Kier molecular flexibility index (Phi) is 9.77. The molecule has 2 heterocycles. The van der Waals surface area contributed by atoms with E-state index in [-0.39, 0.29) is 6.61 Å². The van der Waals surface area contributed by atoms with Crippen molar-refractivity contribution in [2.24, 2.45) is 0 Å². The molecular formula is C19H27ClN4O3S. The first-order chi connectivity index (χ1) is 13.5. The number of aliphatic hydroxyl groups excluding tert-OH is 1. The van der Waals surface area contributed by atoms with E-state index in [1.165, 1.54) is 0 Å². The van der Waals surface area contributed by atoms with Gasteiger partial charge >= 0.3 is 0 Å². The van der Waals surface area contributed by atoms with Crippen molar-refractivity contribution in [3.63, 3.8) is 0 Å². The highest BCUT2D eigenvalue weighted by atomic mass is 35.5. The normalized spacial score (nSPS) is 10.9. The maximum Gasteiger partial charge on any atom is 0.149 e. The summed E-state index contributed by atoms with van der Waals surface area (Å²) in [6.07, 6.45) is 1.73. The number of hydrogen-bond acceptors (Lipinski definition) is 8. The summed E-state index contributed by atoms with van der Waals surface area (Å²) < 4.78 is 11.4. The van der Waals surface area contributed by atoms with E-state index in [4.69, 9.17) is 26.2 Å². The third-order valence-electron chi connectivity index (χ3n) is 3.90. The number of anilines is 1. The molecule has 0 aromatic carbocycles. The highest BCUT2D eigenvalue weighted by Gasteiger charge is 2.11. The van der Waals surface area contributed by atoms with E-state index in [1.54, 1.807) is 18.0 Å². The molecule has 2 rings (SSSR count). The van der Waals surface area contributed by atoms with Crippen molar-refractivity contribution in [2.45, 2.75) is 27.3 Å². The number of hydrogen-bond donors (Lipinski definition) is 2. The van der Waals surface area contributed by atoms with Crippen LogP contribution < -0.4 is 10.1 Å². The van der Waals surface area contributed by atoms with E-state index in [0.717, 1.165) is 34.2 Å². The molecule has 7 nitrogen and oxygen atoms in total. The maximum atomic E-state index is 8.72. The van der Waals surface area contributed by atoms with E-state index >= 15 is 0 Å². The lowest BCUT2D eigenvalue weighted by atomic mass is 10.2. The van der Waals surface area contributed by atoms with Crippen LogP contribution in [0, 0.1) is 20.8 Å². The quantitative estimate of drug-likeness (QED) is 0.500. The largest absolute Gasteiger partial charge is 0.491 e. The molecule has 28 heavy (non-hydrogen) atoms. The zero-order valence-electron chi connectivity index (χ0n) is 16.5. The second-order valence-corrected chi connectivity index (χ2v) is 7.65. The summed E-state index contributed by atoms with van der Waals surface area (Å²) in [6, 6.07) is 1.85. The fraction of sp³-hybridized carbons (Fsp3) is 0.526. The maximum absolute atomic E-state index is 8.72. The number of aliphatic hydroxyl groups is 1. The van der Waals surface area contributed by atoms with Crippen LogP contribution in [-0.2, 0) is 11.3 Å². The smallest absolute Gasteiger partial charge is 0.149 e. The molecule has 0 aliphatic rings. The second kappa shape index (κ2) is 12.1. The summed E-state index contributed by atoms with van der Waals surface area (Å²) in [4.78, 5) is 13.0. The van der Waals surface area contributed by atoms with Gasteiger partial charge in [0.1, 0.15) is 29.0 Å². The van der Waals surface area contributed by atoms with Crippen LogP contribution in [0.25, 0.3) is 0 Å². The Bertz CT molecular complexity index is 764. The van der Waals surface area contributed by atoms with Crippen molar-refractivity contribution >= 4 is 29.2 Å². The number of aryl methyl sites for hydroxylation is 2. The Morgan fingerprint density at radius 3 is 2.75 bits per heavy atom. The van der Waals surface area contributed by atoms with Gasteiger partial charge in [-0.2, -0.15) is 11.8 Å². The highest BCUT2D eigenvalue weighted by molar-refractivity contribution is 7.99. The lowest BCUT2D eigenvalue weighted by Crippen LogP contribution is -2.11. The van der Waals surface area contributed by atoms with Crippen LogP contribution in [-0.4, -0.2) is 58.0 Å². The molecule has 154 valence electrons. The molecule has 2 aromatic rings. The zero-order chi connectivity index (χ0) is 20.4. The average molecular weight is 427 g/mol. The van der Waals surface area contributed by atoms with Crippen LogP contribution in [0.4, 0.5) is 5.82 Å². The van der Waals surface area contributed by atoms with Gasteiger partial charge in [0.2, 0.25) is 0 Å². The molecule has 9 heteroatoms. The number of pyridine rings is 1. The summed E-state index contributed by atoms with van der Waals surface area (Å²) in [5, 5.41) is 12.5. The molecule has 0 unspecified atom stereocenters. The van der Waals surface area contributed by atoms with Gasteiger partial charge in [0.15, 0.2) is 0 Å². The number of aromatic nitrogens is 3. The summed E-state index contributed by atoms with van der Waals surface area (Å²) >= 11 is 7.95. The number of thioether (sulfide) groups is 1. The standard InChI is InChI=1S/C19H27ClN4O3S/c1-13-16(12-22-19-18(20)14(2)23-15(3)24-19)21-5-4-17(13)27-8-7-26-9-11-28-10-6-25/h4-5,25H,6-12H2,1-3H3,(H,22,23,24). The summed E-state index contributed by atoms with van der Waals surface area (Å²) in [7, 11) is 0. The van der Waals surface area contributed by atoms with Crippen molar-refractivity contribution in [3.8, 4) is 5.75 Å². The molecule has 0 spiro atoms. The van der Waals surface area contributed by atoms with E-state index < -0.39 is 0 Å². The molecular weight excluding hydrogens is 400 g/mol. The SMILES string of the molecule is Cc1nc(C)c(Cl)c(NCc2nccc(OCCOCCSCCO)c2C)n1. The first-order valence-corrected chi connectivity index (χ1v) is 10.6. The monoisotopic (exact) mass is 426 g/mol. The molecule has 0 fully saturated rings. The van der Waals surface area contributed by atoms with Crippen LogP contribution in [0.5, 0.6) is 5.75 Å². The molecule has 0 atom stereocenters.